The summed E-state index contributed by atoms with van der Waals surface area (Å²) < 4.78 is 0. The third-order valence-electron chi connectivity index (χ3n) is 3.35. The molecule has 1 aromatic carbocycles. The highest BCUT2D eigenvalue weighted by Gasteiger charge is 2.16. The molecule has 1 heterocycles. The lowest BCUT2D eigenvalue weighted by atomic mass is 9.99. The van der Waals surface area contributed by atoms with Gasteiger partial charge in [0.2, 0.25) is 0 Å². The highest BCUT2D eigenvalue weighted by molar-refractivity contribution is 5.46. The maximum absolute atomic E-state index is 3.86. The van der Waals surface area contributed by atoms with Crippen molar-refractivity contribution in [2.24, 2.45) is 5.92 Å². The lowest BCUT2D eigenvalue weighted by Gasteiger charge is -2.31. The Morgan fingerprint density at radius 1 is 1.35 bits per heavy atom. The van der Waals surface area contributed by atoms with Crippen molar-refractivity contribution < 1.29 is 0 Å². The zero-order chi connectivity index (χ0) is 11.9. The van der Waals surface area contributed by atoms with Gasteiger partial charge in [-0.15, -0.1) is 6.58 Å². The van der Waals surface area contributed by atoms with Crippen LogP contribution in [0.1, 0.15) is 12.8 Å². The van der Waals surface area contributed by atoms with E-state index < -0.39 is 0 Å². The van der Waals surface area contributed by atoms with Crippen LogP contribution < -0.4 is 10.2 Å². The molecule has 0 aliphatic carbocycles. The molecule has 1 unspecified atom stereocenters. The van der Waals surface area contributed by atoms with E-state index in [9.17, 15) is 0 Å². The largest absolute Gasteiger partial charge is 0.367 e. The van der Waals surface area contributed by atoms with Gasteiger partial charge >= 0.3 is 0 Å². The molecule has 1 fully saturated rings. The second kappa shape index (κ2) is 6.45. The Kier molecular flexibility index (Phi) is 4.63. The van der Waals surface area contributed by atoms with Crippen molar-refractivity contribution in [3.8, 4) is 0 Å². The predicted molar refractivity (Wildman–Crippen MR) is 74.4 cm³/mol. The quantitative estimate of drug-likeness (QED) is 0.782. The van der Waals surface area contributed by atoms with Gasteiger partial charge < -0.3 is 10.2 Å². The first-order chi connectivity index (χ1) is 8.40. The van der Waals surface area contributed by atoms with Gasteiger partial charge in [-0.2, -0.15) is 0 Å². The van der Waals surface area contributed by atoms with Gasteiger partial charge in [0.15, 0.2) is 0 Å². The van der Waals surface area contributed by atoms with Gasteiger partial charge in [0.05, 0.1) is 0 Å². The molecule has 0 bridgehead atoms. The van der Waals surface area contributed by atoms with Crippen molar-refractivity contribution in [1.29, 1.82) is 0 Å². The molecule has 0 saturated carbocycles. The van der Waals surface area contributed by atoms with E-state index in [-0.39, 0.29) is 0 Å². The summed E-state index contributed by atoms with van der Waals surface area (Å²) in [6.07, 6.45) is 4.64. The maximum atomic E-state index is 3.86. The van der Waals surface area contributed by atoms with Gasteiger partial charge in [-0.05, 0) is 44.0 Å². The Morgan fingerprint density at radius 2 is 2.18 bits per heavy atom. The Balaban J connectivity index is 1.99. The minimum absolute atomic E-state index is 0.768. The summed E-state index contributed by atoms with van der Waals surface area (Å²) in [5.74, 6) is 0.768. The van der Waals surface area contributed by atoms with Crippen molar-refractivity contribution >= 4 is 5.69 Å². The van der Waals surface area contributed by atoms with Crippen LogP contribution in [0.25, 0.3) is 0 Å². The Bertz CT molecular complexity index is 328. The SMILES string of the molecule is C=CCN(CC1CCCNC1)c1ccccc1. The van der Waals surface area contributed by atoms with Crippen LogP contribution in [0.15, 0.2) is 43.0 Å². The number of hydrogen-bond acceptors (Lipinski definition) is 2. The summed E-state index contributed by atoms with van der Waals surface area (Å²) in [5.41, 5.74) is 1.30. The maximum Gasteiger partial charge on any atom is 0.0369 e. The van der Waals surface area contributed by atoms with Gasteiger partial charge in [-0.1, -0.05) is 24.3 Å². The van der Waals surface area contributed by atoms with E-state index in [1.54, 1.807) is 0 Å². The average Bonchev–Trinajstić information content (AvgIpc) is 2.40. The summed E-state index contributed by atoms with van der Waals surface area (Å²) in [5, 5.41) is 3.48. The van der Waals surface area contributed by atoms with Gasteiger partial charge in [0.1, 0.15) is 0 Å². The van der Waals surface area contributed by atoms with E-state index in [2.05, 4.69) is 47.1 Å². The highest BCUT2D eigenvalue weighted by Crippen LogP contribution is 2.18. The summed E-state index contributed by atoms with van der Waals surface area (Å²) in [6, 6.07) is 10.6. The number of para-hydroxylation sites is 1. The monoisotopic (exact) mass is 230 g/mol. The molecule has 92 valence electrons. The van der Waals surface area contributed by atoms with Crippen molar-refractivity contribution in [2.75, 3.05) is 31.1 Å². The molecular weight excluding hydrogens is 208 g/mol. The number of nitrogens with one attached hydrogen (secondary N) is 1. The van der Waals surface area contributed by atoms with Crippen molar-refractivity contribution in [3.05, 3.63) is 43.0 Å². The van der Waals surface area contributed by atoms with Crippen molar-refractivity contribution in [3.63, 3.8) is 0 Å². The molecule has 2 rings (SSSR count). The zero-order valence-electron chi connectivity index (χ0n) is 10.4. The molecule has 17 heavy (non-hydrogen) atoms. The van der Waals surface area contributed by atoms with Crippen LogP contribution in [-0.2, 0) is 0 Å². The van der Waals surface area contributed by atoms with Gasteiger partial charge in [-0.25, -0.2) is 0 Å². The van der Waals surface area contributed by atoms with Crippen LogP contribution >= 0.6 is 0 Å². The van der Waals surface area contributed by atoms with Gasteiger partial charge in [-0.3, -0.25) is 0 Å². The van der Waals surface area contributed by atoms with E-state index in [1.807, 2.05) is 6.08 Å². The van der Waals surface area contributed by atoms with E-state index in [0.717, 1.165) is 25.6 Å². The van der Waals surface area contributed by atoms with Crippen molar-refractivity contribution in [1.82, 2.24) is 5.32 Å². The molecule has 1 atom stereocenters. The van der Waals surface area contributed by atoms with Gasteiger partial charge in [0, 0.05) is 18.8 Å². The molecule has 1 aliphatic heterocycles. The first-order valence-electron chi connectivity index (χ1n) is 6.52. The van der Waals surface area contributed by atoms with E-state index in [4.69, 9.17) is 0 Å². The van der Waals surface area contributed by atoms with Gasteiger partial charge in [0.25, 0.3) is 0 Å². The average molecular weight is 230 g/mol. The number of benzene rings is 1. The van der Waals surface area contributed by atoms with E-state index >= 15 is 0 Å². The fourth-order valence-corrected chi connectivity index (χ4v) is 2.47. The zero-order valence-corrected chi connectivity index (χ0v) is 10.4. The van der Waals surface area contributed by atoms with Crippen LogP contribution in [-0.4, -0.2) is 26.2 Å². The van der Waals surface area contributed by atoms with Crippen LogP contribution in [0.2, 0.25) is 0 Å². The highest BCUT2D eigenvalue weighted by atomic mass is 15.1. The summed E-state index contributed by atoms with van der Waals surface area (Å²) in [4.78, 5) is 2.42. The minimum atomic E-state index is 0.768. The molecule has 0 amide bonds. The summed E-state index contributed by atoms with van der Waals surface area (Å²) in [6.45, 7) is 8.26. The predicted octanol–water partition coefficient (Wildman–Crippen LogP) is 2.68. The summed E-state index contributed by atoms with van der Waals surface area (Å²) in [7, 11) is 0. The molecule has 1 aromatic rings. The molecule has 0 aromatic heterocycles. The third kappa shape index (κ3) is 3.60. The molecule has 1 saturated heterocycles. The fourth-order valence-electron chi connectivity index (χ4n) is 2.47. The van der Waals surface area contributed by atoms with E-state index in [0.29, 0.717) is 0 Å². The smallest absolute Gasteiger partial charge is 0.0369 e. The van der Waals surface area contributed by atoms with Crippen molar-refractivity contribution in [2.45, 2.75) is 12.8 Å². The molecule has 0 spiro atoms. The lowest BCUT2D eigenvalue weighted by molar-refractivity contribution is 0.379. The Labute approximate surface area is 104 Å². The number of piperidine rings is 1. The van der Waals surface area contributed by atoms with Crippen LogP contribution in [0.4, 0.5) is 5.69 Å². The Hall–Kier alpha value is -1.28. The molecule has 2 heteroatoms. The molecular formula is C15H22N2. The minimum Gasteiger partial charge on any atom is -0.367 e. The topological polar surface area (TPSA) is 15.3 Å². The molecule has 1 N–H and O–H groups in total. The lowest BCUT2D eigenvalue weighted by Crippen LogP contribution is -2.38. The van der Waals surface area contributed by atoms with E-state index in [1.165, 1.54) is 25.1 Å². The van der Waals surface area contributed by atoms with Crippen LogP contribution in [0.3, 0.4) is 0 Å². The van der Waals surface area contributed by atoms with Crippen LogP contribution in [0, 0.1) is 5.92 Å². The normalized spacial score (nSPS) is 19.9. The summed E-state index contributed by atoms with van der Waals surface area (Å²) >= 11 is 0. The first-order valence-corrected chi connectivity index (χ1v) is 6.52. The first kappa shape index (κ1) is 12.2. The second-order valence-electron chi connectivity index (χ2n) is 4.74. The fraction of sp³-hybridized carbons (Fsp3) is 0.467. The Morgan fingerprint density at radius 3 is 2.82 bits per heavy atom. The number of anilines is 1. The second-order valence-corrected chi connectivity index (χ2v) is 4.74. The molecule has 2 nitrogen and oxygen atoms in total. The number of nitrogens with zero attached hydrogens (tertiary/aromatic N) is 1. The molecule has 0 radical (unpaired) electrons. The van der Waals surface area contributed by atoms with Crippen LogP contribution in [0.5, 0.6) is 0 Å². The molecule has 1 aliphatic rings. The number of rotatable bonds is 5. The third-order valence-corrected chi connectivity index (χ3v) is 3.35. The number of hydrogen-bond donors (Lipinski definition) is 1. The standard InChI is InChI=1S/C15H22N2/c1-2-11-17(15-8-4-3-5-9-15)13-14-7-6-10-16-12-14/h2-5,8-9,14,16H,1,6-7,10-13H2.